The van der Waals surface area contributed by atoms with Crippen molar-refractivity contribution < 1.29 is 32.4 Å². The Labute approximate surface area is 93.8 Å². The van der Waals surface area contributed by atoms with E-state index in [2.05, 4.69) is 6.92 Å². The van der Waals surface area contributed by atoms with Crippen molar-refractivity contribution in [3.05, 3.63) is 0 Å². The van der Waals surface area contributed by atoms with Gasteiger partial charge in [-0.3, -0.25) is 4.55 Å². The van der Waals surface area contributed by atoms with Gasteiger partial charge >= 0.3 is 0 Å². The summed E-state index contributed by atoms with van der Waals surface area (Å²) in [6.07, 6.45) is 6.14. The number of hydrogen-bond donors (Lipinski definition) is 1. The van der Waals surface area contributed by atoms with Crippen LogP contribution in [0.15, 0.2) is 0 Å². The second kappa shape index (κ2) is 9.10. The fourth-order valence-electron chi connectivity index (χ4n) is 1.06. The smallest absolute Gasteiger partial charge is 0.264 e. The van der Waals surface area contributed by atoms with Gasteiger partial charge in [0.2, 0.25) is 0 Å². The summed E-state index contributed by atoms with van der Waals surface area (Å²) in [7, 11) is -3.72. The Kier molecular flexibility index (Phi) is 11.2. The molecule has 0 radical (unpaired) electrons. The van der Waals surface area contributed by atoms with Crippen LogP contribution in [0.1, 0.15) is 45.4 Å². The van der Waals surface area contributed by atoms with Crippen LogP contribution in [0, 0.1) is 0 Å². The molecule has 1 N–H and O–H groups in total. The van der Waals surface area contributed by atoms with Gasteiger partial charge in [0.15, 0.2) is 0 Å². The van der Waals surface area contributed by atoms with Gasteiger partial charge in [0.05, 0.1) is 5.75 Å². The van der Waals surface area contributed by atoms with Crippen molar-refractivity contribution >= 4 is 10.1 Å². The summed E-state index contributed by atoms with van der Waals surface area (Å²) in [6.45, 7) is 2.14. The third kappa shape index (κ3) is 15.3. The van der Waals surface area contributed by atoms with E-state index in [1.54, 1.807) is 0 Å². The molecule has 0 aliphatic carbocycles. The molecule has 0 atom stereocenters. The van der Waals surface area contributed by atoms with Crippen molar-refractivity contribution in [2.75, 3.05) is 5.75 Å². The first-order valence-corrected chi connectivity index (χ1v) is 6.12. The van der Waals surface area contributed by atoms with Crippen LogP contribution in [0.4, 0.5) is 0 Å². The Balaban J connectivity index is 0. The minimum atomic E-state index is -3.72. The maximum Gasteiger partial charge on any atom is 0.264 e. The summed E-state index contributed by atoms with van der Waals surface area (Å²) in [5, 5.41) is 0. The molecule has 0 saturated carbocycles. The van der Waals surface area contributed by atoms with Gasteiger partial charge < -0.3 is 0 Å². The minimum absolute atomic E-state index is 0. The molecule has 0 aliphatic rings. The van der Waals surface area contributed by atoms with E-state index in [1.165, 1.54) is 19.3 Å². The molecule has 0 bridgehead atoms. The Morgan fingerprint density at radius 1 is 1.00 bits per heavy atom. The standard InChI is InChI=1S/C8H18O3S.Zn/c1-2-3-4-5-6-7-8-12(9,10)11;/h2-8H2,1H3,(H,9,10,11);. The SMILES string of the molecule is CCCCCCCCS(=O)(=O)O.[Zn]. The second-order valence-corrected chi connectivity index (χ2v) is 4.63. The van der Waals surface area contributed by atoms with Crippen LogP contribution >= 0.6 is 0 Å². The minimum Gasteiger partial charge on any atom is -0.286 e. The number of rotatable bonds is 7. The molecule has 0 heterocycles. The van der Waals surface area contributed by atoms with Crippen molar-refractivity contribution in [3.63, 3.8) is 0 Å². The first-order chi connectivity index (χ1) is 5.56. The van der Waals surface area contributed by atoms with Crippen molar-refractivity contribution in [1.82, 2.24) is 0 Å². The molecule has 0 aliphatic heterocycles. The average molecular weight is 260 g/mol. The molecule has 0 amide bonds. The van der Waals surface area contributed by atoms with Crippen LogP contribution in [-0.4, -0.2) is 18.7 Å². The van der Waals surface area contributed by atoms with Crippen molar-refractivity contribution in [3.8, 4) is 0 Å². The maximum atomic E-state index is 10.3. The Morgan fingerprint density at radius 2 is 1.46 bits per heavy atom. The van der Waals surface area contributed by atoms with Crippen LogP contribution in [0.3, 0.4) is 0 Å². The summed E-state index contributed by atoms with van der Waals surface area (Å²) in [5.74, 6) is -0.0842. The predicted octanol–water partition coefficient (Wildman–Crippen LogP) is 2.23. The zero-order chi connectivity index (χ0) is 9.45. The fourth-order valence-corrected chi connectivity index (χ4v) is 1.63. The van der Waals surface area contributed by atoms with E-state index in [9.17, 15) is 8.42 Å². The molecule has 0 fully saturated rings. The van der Waals surface area contributed by atoms with Crippen LogP contribution in [0.2, 0.25) is 0 Å². The van der Waals surface area contributed by atoms with Gasteiger partial charge in [-0.2, -0.15) is 8.42 Å². The first kappa shape index (κ1) is 16.0. The van der Waals surface area contributed by atoms with E-state index in [0.29, 0.717) is 6.42 Å². The Morgan fingerprint density at radius 3 is 1.92 bits per heavy atom. The van der Waals surface area contributed by atoms with Gasteiger partial charge in [-0.05, 0) is 6.42 Å². The summed E-state index contributed by atoms with van der Waals surface area (Å²) in [6, 6.07) is 0. The molecule has 0 aromatic heterocycles. The summed E-state index contributed by atoms with van der Waals surface area (Å²) in [4.78, 5) is 0. The Hall–Kier alpha value is 0.533. The summed E-state index contributed by atoms with van der Waals surface area (Å²) in [5.41, 5.74) is 0. The van der Waals surface area contributed by atoms with E-state index in [0.717, 1.165) is 12.8 Å². The first-order valence-electron chi connectivity index (χ1n) is 4.51. The third-order valence-electron chi connectivity index (χ3n) is 1.76. The van der Waals surface area contributed by atoms with Gasteiger partial charge in [0, 0.05) is 19.5 Å². The molecule has 0 aromatic rings. The Bertz CT molecular complexity index is 190. The monoisotopic (exact) mass is 258 g/mol. The number of unbranched alkanes of at least 4 members (excludes halogenated alkanes) is 5. The maximum absolute atomic E-state index is 10.3. The van der Waals surface area contributed by atoms with Crippen LogP contribution < -0.4 is 0 Å². The molecule has 76 valence electrons. The van der Waals surface area contributed by atoms with Gasteiger partial charge in [0.25, 0.3) is 10.1 Å². The molecule has 0 saturated heterocycles. The topological polar surface area (TPSA) is 54.4 Å². The van der Waals surface area contributed by atoms with Gasteiger partial charge in [-0.15, -0.1) is 0 Å². The van der Waals surface area contributed by atoms with Crippen molar-refractivity contribution in [2.24, 2.45) is 0 Å². The fraction of sp³-hybridized carbons (Fsp3) is 1.00. The van der Waals surface area contributed by atoms with Crippen molar-refractivity contribution in [2.45, 2.75) is 45.4 Å². The molecule has 0 rings (SSSR count). The molecule has 13 heavy (non-hydrogen) atoms. The van der Waals surface area contributed by atoms with Crippen molar-refractivity contribution in [1.29, 1.82) is 0 Å². The zero-order valence-electron chi connectivity index (χ0n) is 8.33. The quantitative estimate of drug-likeness (QED) is 0.433. The van der Waals surface area contributed by atoms with Crippen LogP contribution in [0.25, 0.3) is 0 Å². The number of hydrogen-bond acceptors (Lipinski definition) is 2. The third-order valence-corrected chi connectivity index (χ3v) is 2.56. The second-order valence-electron chi connectivity index (χ2n) is 3.05. The van der Waals surface area contributed by atoms with Gasteiger partial charge in [-0.1, -0.05) is 39.0 Å². The molecular weight excluding hydrogens is 242 g/mol. The van der Waals surface area contributed by atoms with E-state index in [4.69, 9.17) is 4.55 Å². The molecular formula is C8H18O3SZn. The van der Waals surface area contributed by atoms with E-state index in [1.807, 2.05) is 0 Å². The largest absolute Gasteiger partial charge is 0.286 e. The zero-order valence-corrected chi connectivity index (χ0v) is 12.1. The predicted molar refractivity (Wildman–Crippen MR) is 49.8 cm³/mol. The van der Waals surface area contributed by atoms with Crippen LogP contribution in [-0.2, 0) is 29.6 Å². The summed E-state index contributed by atoms with van der Waals surface area (Å²) >= 11 is 0. The van der Waals surface area contributed by atoms with Gasteiger partial charge in [-0.25, -0.2) is 0 Å². The van der Waals surface area contributed by atoms with Gasteiger partial charge in [0.1, 0.15) is 0 Å². The molecule has 0 aromatic carbocycles. The normalized spacial score (nSPS) is 10.9. The average Bonchev–Trinajstić information content (AvgIpc) is 1.94. The molecule has 5 heteroatoms. The van der Waals surface area contributed by atoms with E-state index >= 15 is 0 Å². The molecule has 0 unspecified atom stereocenters. The van der Waals surface area contributed by atoms with E-state index in [-0.39, 0.29) is 25.2 Å². The van der Waals surface area contributed by atoms with E-state index < -0.39 is 10.1 Å². The molecule has 3 nitrogen and oxygen atoms in total. The molecule has 0 spiro atoms. The van der Waals surface area contributed by atoms with Crippen LogP contribution in [0.5, 0.6) is 0 Å². The summed E-state index contributed by atoms with van der Waals surface area (Å²) < 4.78 is 28.9.